The van der Waals surface area contributed by atoms with Crippen LogP contribution in [0.2, 0.25) is 0 Å². The monoisotopic (exact) mass is 317 g/mol. The largest absolute Gasteiger partial charge is 0.309 e. The first-order valence-electron chi connectivity index (χ1n) is 7.54. The van der Waals surface area contributed by atoms with Gasteiger partial charge in [0.1, 0.15) is 9.84 Å². The van der Waals surface area contributed by atoms with Crippen molar-refractivity contribution >= 4 is 21.2 Å². The maximum atomic E-state index is 11.6. The summed E-state index contributed by atoms with van der Waals surface area (Å²) in [5, 5.41) is 5.70. The highest BCUT2D eigenvalue weighted by Gasteiger charge is 2.17. The van der Waals surface area contributed by atoms with Crippen molar-refractivity contribution < 1.29 is 8.42 Å². The zero-order valence-corrected chi connectivity index (χ0v) is 14.4. The molecule has 1 heterocycles. The quantitative estimate of drug-likeness (QED) is 0.717. The summed E-state index contributed by atoms with van der Waals surface area (Å²) in [6, 6.07) is 2.49. The van der Waals surface area contributed by atoms with Crippen LogP contribution < -0.4 is 5.32 Å². The summed E-state index contributed by atoms with van der Waals surface area (Å²) in [7, 11) is -2.84. The Bertz CT molecular complexity index is 480. The molecule has 0 aliphatic heterocycles. The summed E-state index contributed by atoms with van der Waals surface area (Å²) in [5.74, 6) is 0.555. The Morgan fingerprint density at radius 3 is 2.65 bits per heavy atom. The van der Waals surface area contributed by atoms with E-state index < -0.39 is 9.84 Å². The molecule has 0 aliphatic rings. The van der Waals surface area contributed by atoms with Crippen molar-refractivity contribution in [1.82, 2.24) is 5.32 Å². The van der Waals surface area contributed by atoms with E-state index in [2.05, 4.69) is 30.6 Å². The van der Waals surface area contributed by atoms with Crippen LogP contribution in [0.3, 0.4) is 0 Å². The average molecular weight is 318 g/mol. The summed E-state index contributed by atoms with van der Waals surface area (Å²) < 4.78 is 23.2. The molecule has 1 unspecified atom stereocenters. The van der Waals surface area contributed by atoms with Crippen molar-refractivity contribution in [3.8, 4) is 0 Å². The van der Waals surface area contributed by atoms with Gasteiger partial charge < -0.3 is 5.32 Å². The van der Waals surface area contributed by atoms with Gasteiger partial charge in [0.2, 0.25) is 0 Å². The van der Waals surface area contributed by atoms with Crippen molar-refractivity contribution in [3.05, 3.63) is 21.9 Å². The molecule has 0 aliphatic carbocycles. The Morgan fingerprint density at radius 1 is 1.30 bits per heavy atom. The van der Waals surface area contributed by atoms with Crippen LogP contribution in [0.4, 0.5) is 0 Å². The molecular formula is C15H27NO2S2. The van der Waals surface area contributed by atoms with Crippen LogP contribution in [0, 0.1) is 0 Å². The Balaban J connectivity index is 2.65. The number of sulfone groups is 1. The number of nitrogens with one attached hydrogen (secondary N) is 1. The van der Waals surface area contributed by atoms with Gasteiger partial charge in [-0.25, -0.2) is 8.42 Å². The number of hydrogen-bond acceptors (Lipinski definition) is 4. The fourth-order valence-corrected chi connectivity index (χ4v) is 4.24. The van der Waals surface area contributed by atoms with E-state index in [1.54, 1.807) is 18.3 Å². The van der Waals surface area contributed by atoms with Crippen molar-refractivity contribution in [2.24, 2.45) is 0 Å². The van der Waals surface area contributed by atoms with Gasteiger partial charge in [-0.2, -0.15) is 0 Å². The molecule has 1 N–H and O–H groups in total. The minimum Gasteiger partial charge on any atom is -0.309 e. The smallest absolute Gasteiger partial charge is 0.150 e. The zero-order chi connectivity index (χ0) is 15.0. The Hall–Kier alpha value is -0.390. The lowest BCUT2D eigenvalue weighted by molar-refractivity contribution is 0.496. The molecule has 0 radical (unpaired) electrons. The first-order valence-corrected chi connectivity index (χ1v) is 10.2. The summed E-state index contributed by atoms with van der Waals surface area (Å²) in [6.45, 7) is 7.02. The summed E-state index contributed by atoms with van der Waals surface area (Å²) >= 11 is 1.78. The molecule has 116 valence electrons. The SMILES string of the molecule is CCCNC(CCCS(=O)(=O)CC)c1sccc1CC. The first-order chi connectivity index (χ1) is 9.54. The van der Waals surface area contributed by atoms with Gasteiger partial charge in [-0.05, 0) is 49.2 Å². The first kappa shape index (κ1) is 17.7. The zero-order valence-electron chi connectivity index (χ0n) is 12.8. The minimum absolute atomic E-state index is 0.249. The van der Waals surface area contributed by atoms with Gasteiger partial charge in [-0.3, -0.25) is 0 Å². The normalized spacial score (nSPS) is 13.6. The molecule has 0 fully saturated rings. The summed E-state index contributed by atoms with van der Waals surface area (Å²) in [6.07, 6.45) is 3.76. The van der Waals surface area contributed by atoms with Crippen LogP contribution in [-0.4, -0.2) is 26.5 Å². The molecule has 0 amide bonds. The van der Waals surface area contributed by atoms with E-state index in [-0.39, 0.29) is 5.75 Å². The maximum Gasteiger partial charge on any atom is 0.150 e. The molecule has 1 atom stereocenters. The molecule has 1 aromatic rings. The van der Waals surface area contributed by atoms with Crippen LogP contribution in [0.25, 0.3) is 0 Å². The van der Waals surface area contributed by atoms with Gasteiger partial charge >= 0.3 is 0 Å². The van der Waals surface area contributed by atoms with Gasteiger partial charge in [0.25, 0.3) is 0 Å². The van der Waals surface area contributed by atoms with Crippen molar-refractivity contribution in [1.29, 1.82) is 0 Å². The molecule has 0 saturated carbocycles. The van der Waals surface area contributed by atoms with Crippen LogP contribution >= 0.6 is 11.3 Å². The van der Waals surface area contributed by atoms with Crippen LogP contribution in [0.5, 0.6) is 0 Å². The van der Waals surface area contributed by atoms with Crippen molar-refractivity contribution in [2.75, 3.05) is 18.1 Å². The number of rotatable bonds is 10. The molecule has 0 aromatic carbocycles. The third-order valence-electron chi connectivity index (χ3n) is 3.51. The van der Waals surface area contributed by atoms with E-state index in [1.165, 1.54) is 10.4 Å². The summed E-state index contributed by atoms with van der Waals surface area (Å²) in [5.41, 5.74) is 1.39. The van der Waals surface area contributed by atoms with Gasteiger partial charge in [0.05, 0.1) is 5.75 Å². The summed E-state index contributed by atoms with van der Waals surface area (Å²) in [4.78, 5) is 1.38. The van der Waals surface area contributed by atoms with E-state index in [0.29, 0.717) is 11.8 Å². The Morgan fingerprint density at radius 2 is 2.05 bits per heavy atom. The van der Waals surface area contributed by atoms with Crippen LogP contribution in [-0.2, 0) is 16.3 Å². The molecule has 1 aromatic heterocycles. The molecule has 20 heavy (non-hydrogen) atoms. The van der Waals surface area contributed by atoms with Crippen LogP contribution in [0.1, 0.15) is 56.5 Å². The second kappa shape index (κ2) is 8.80. The molecule has 1 rings (SSSR count). The molecule has 0 spiro atoms. The molecule has 0 bridgehead atoms. The molecule has 3 nitrogen and oxygen atoms in total. The van der Waals surface area contributed by atoms with Gasteiger partial charge in [0, 0.05) is 16.7 Å². The highest BCUT2D eigenvalue weighted by Crippen LogP contribution is 2.28. The topological polar surface area (TPSA) is 46.2 Å². The average Bonchev–Trinajstić information content (AvgIpc) is 2.90. The molecule has 5 heteroatoms. The van der Waals surface area contributed by atoms with Gasteiger partial charge in [0.15, 0.2) is 0 Å². The third kappa shape index (κ3) is 5.54. The highest BCUT2D eigenvalue weighted by atomic mass is 32.2. The van der Waals surface area contributed by atoms with E-state index in [1.807, 2.05) is 0 Å². The maximum absolute atomic E-state index is 11.6. The minimum atomic E-state index is -2.84. The predicted octanol–water partition coefficient (Wildman–Crippen LogP) is 3.57. The fraction of sp³-hybridized carbons (Fsp3) is 0.733. The van der Waals surface area contributed by atoms with E-state index in [9.17, 15) is 8.42 Å². The van der Waals surface area contributed by atoms with E-state index in [4.69, 9.17) is 0 Å². The lowest BCUT2D eigenvalue weighted by Crippen LogP contribution is -2.23. The van der Waals surface area contributed by atoms with Crippen molar-refractivity contribution in [3.63, 3.8) is 0 Å². The lowest BCUT2D eigenvalue weighted by Gasteiger charge is -2.19. The second-order valence-corrected chi connectivity index (χ2v) is 8.47. The van der Waals surface area contributed by atoms with Gasteiger partial charge in [-0.15, -0.1) is 11.3 Å². The van der Waals surface area contributed by atoms with E-state index in [0.717, 1.165) is 32.2 Å². The highest BCUT2D eigenvalue weighted by molar-refractivity contribution is 7.91. The van der Waals surface area contributed by atoms with Crippen LogP contribution in [0.15, 0.2) is 11.4 Å². The molecular weight excluding hydrogens is 290 g/mol. The second-order valence-electron chi connectivity index (χ2n) is 5.05. The number of hydrogen-bond donors (Lipinski definition) is 1. The Labute approximate surface area is 127 Å². The predicted molar refractivity (Wildman–Crippen MR) is 88.3 cm³/mol. The van der Waals surface area contributed by atoms with Gasteiger partial charge in [-0.1, -0.05) is 20.8 Å². The standard InChI is InChI=1S/C15H27NO2S2/c1-4-10-16-14(8-7-12-20(17,18)6-3)15-13(5-2)9-11-19-15/h9,11,14,16H,4-8,10,12H2,1-3H3. The number of thiophene rings is 1. The van der Waals surface area contributed by atoms with E-state index >= 15 is 0 Å². The number of aryl methyl sites for hydroxylation is 1. The third-order valence-corrected chi connectivity index (χ3v) is 6.37. The fourth-order valence-electron chi connectivity index (χ4n) is 2.24. The lowest BCUT2D eigenvalue weighted by atomic mass is 10.1. The molecule has 0 saturated heterocycles. The Kier molecular flexibility index (Phi) is 7.77. The van der Waals surface area contributed by atoms with Crippen molar-refractivity contribution in [2.45, 2.75) is 52.5 Å².